The van der Waals surface area contributed by atoms with Crippen molar-refractivity contribution in [2.24, 2.45) is 0 Å². The van der Waals surface area contributed by atoms with Gasteiger partial charge >= 0.3 is 7.60 Å². The number of carbonyl (C=O) groups excluding carboxylic acids is 1. The van der Waals surface area contributed by atoms with E-state index >= 15 is 0 Å². The van der Waals surface area contributed by atoms with E-state index in [0.29, 0.717) is 6.42 Å². The molecule has 6 heteroatoms. The summed E-state index contributed by atoms with van der Waals surface area (Å²) in [5.74, 6) is -0.250. The Bertz CT molecular complexity index is 284. The Morgan fingerprint density at radius 2 is 1.76 bits per heavy atom. The highest BCUT2D eigenvalue weighted by Gasteiger charge is 2.37. The summed E-state index contributed by atoms with van der Waals surface area (Å²) in [5, 5.41) is 0. The molecule has 0 bridgehead atoms. The van der Waals surface area contributed by atoms with Gasteiger partial charge in [-0.2, -0.15) is 0 Å². The van der Waals surface area contributed by atoms with E-state index in [-0.39, 0.29) is 11.9 Å². The van der Waals surface area contributed by atoms with Crippen LogP contribution < -0.4 is 0 Å². The third-order valence-corrected chi connectivity index (χ3v) is 4.73. The standard InChI is InChI=1S/C11H23O5P/c1-6-7-8-11(2,14-3)10(12)9-17(13,15-4)16-5/h6-9H2,1-5H3. The lowest BCUT2D eigenvalue weighted by Crippen LogP contribution is -2.39. The van der Waals surface area contributed by atoms with Gasteiger partial charge in [0.1, 0.15) is 11.8 Å². The van der Waals surface area contributed by atoms with Crippen LogP contribution in [0, 0.1) is 0 Å². The Morgan fingerprint density at radius 3 is 2.12 bits per heavy atom. The monoisotopic (exact) mass is 266 g/mol. The van der Waals surface area contributed by atoms with Crippen molar-refractivity contribution in [2.45, 2.75) is 38.7 Å². The number of ketones is 1. The minimum absolute atomic E-state index is 0.250. The number of hydrogen-bond donors (Lipinski definition) is 0. The molecule has 1 unspecified atom stereocenters. The largest absolute Gasteiger partial charge is 0.371 e. The number of methoxy groups -OCH3 is 1. The van der Waals surface area contributed by atoms with Crippen molar-refractivity contribution < 1.29 is 23.1 Å². The molecule has 0 heterocycles. The van der Waals surface area contributed by atoms with Crippen molar-refractivity contribution in [1.29, 1.82) is 0 Å². The van der Waals surface area contributed by atoms with Gasteiger partial charge in [-0.25, -0.2) is 0 Å². The molecular formula is C11H23O5P. The summed E-state index contributed by atoms with van der Waals surface area (Å²) >= 11 is 0. The van der Waals surface area contributed by atoms with Gasteiger partial charge in [-0.3, -0.25) is 9.36 Å². The van der Waals surface area contributed by atoms with Crippen molar-refractivity contribution in [3.05, 3.63) is 0 Å². The molecule has 0 aromatic carbocycles. The molecule has 0 amide bonds. The van der Waals surface area contributed by atoms with Crippen LogP contribution in [0.5, 0.6) is 0 Å². The second kappa shape index (κ2) is 7.27. The van der Waals surface area contributed by atoms with Crippen molar-refractivity contribution in [3.63, 3.8) is 0 Å². The van der Waals surface area contributed by atoms with E-state index in [9.17, 15) is 9.36 Å². The molecule has 0 aromatic heterocycles. The van der Waals surface area contributed by atoms with Gasteiger partial charge in [-0.15, -0.1) is 0 Å². The first-order chi connectivity index (χ1) is 7.87. The van der Waals surface area contributed by atoms with Crippen molar-refractivity contribution in [2.75, 3.05) is 27.5 Å². The maximum Gasteiger partial charge on any atom is 0.337 e. The van der Waals surface area contributed by atoms with E-state index in [4.69, 9.17) is 13.8 Å². The zero-order valence-corrected chi connectivity index (χ0v) is 12.2. The molecule has 0 aliphatic rings. The summed E-state index contributed by atoms with van der Waals surface area (Å²) < 4.78 is 26.6. The third-order valence-electron chi connectivity index (χ3n) is 2.94. The van der Waals surface area contributed by atoms with Gasteiger partial charge in [0.15, 0.2) is 5.78 Å². The lowest BCUT2D eigenvalue weighted by atomic mass is 9.95. The molecule has 0 spiro atoms. The number of carbonyl (C=O) groups is 1. The van der Waals surface area contributed by atoms with Crippen molar-refractivity contribution in [1.82, 2.24) is 0 Å². The Kier molecular flexibility index (Phi) is 7.17. The second-order valence-corrected chi connectivity index (χ2v) is 6.36. The molecule has 0 fully saturated rings. The number of hydrogen-bond acceptors (Lipinski definition) is 5. The maximum absolute atomic E-state index is 12.1. The summed E-state index contributed by atoms with van der Waals surface area (Å²) in [6, 6.07) is 0. The van der Waals surface area contributed by atoms with Crippen LogP contribution in [0.3, 0.4) is 0 Å². The molecule has 102 valence electrons. The van der Waals surface area contributed by atoms with Crippen molar-refractivity contribution in [3.8, 4) is 0 Å². The lowest BCUT2D eigenvalue weighted by Gasteiger charge is -2.27. The zero-order chi connectivity index (χ0) is 13.5. The fraction of sp³-hybridized carbons (Fsp3) is 0.909. The Labute approximate surface area is 103 Å². The average molecular weight is 266 g/mol. The highest BCUT2D eigenvalue weighted by Crippen LogP contribution is 2.47. The summed E-state index contributed by atoms with van der Waals surface area (Å²) in [6.45, 7) is 3.75. The smallest absolute Gasteiger partial charge is 0.337 e. The van der Waals surface area contributed by atoms with Crippen LogP contribution in [0.1, 0.15) is 33.1 Å². The minimum Gasteiger partial charge on any atom is -0.371 e. The normalized spacial score (nSPS) is 15.6. The minimum atomic E-state index is -3.31. The predicted molar refractivity (Wildman–Crippen MR) is 66.4 cm³/mol. The predicted octanol–water partition coefficient (Wildman–Crippen LogP) is 2.64. The quantitative estimate of drug-likeness (QED) is 0.600. The Hall–Kier alpha value is -0.220. The second-order valence-electron chi connectivity index (χ2n) is 4.10. The Balaban J connectivity index is 4.70. The molecule has 0 radical (unpaired) electrons. The van der Waals surface area contributed by atoms with E-state index in [2.05, 4.69) is 0 Å². The van der Waals surface area contributed by atoms with Crippen LogP contribution in [0.25, 0.3) is 0 Å². The lowest BCUT2D eigenvalue weighted by molar-refractivity contribution is -0.137. The molecule has 0 aromatic rings. The van der Waals surface area contributed by atoms with Crippen LogP contribution in [0.4, 0.5) is 0 Å². The first kappa shape index (κ1) is 16.8. The summed E-state index contributed by atoms with van der Waals surface area (Å²) in [4.78, 5) is 12.1. The Morgan fingerprint density at radius 1 is 1.24 bits per heavy atom. The third kappa shape index (κ3) is 4.88. The summed E-state index contributed by atoms with van der Waals surface area (Å²) in [6.07, 6.45) is 2.19. The maximum atomic E-state index is 12.1. The summed E-state index contributed by atoms with van der Waals surface area (Å²) in [5.41, 5.74) is -0.914. The molecular weight excluding hydrogens is 243 g/mol. The van der Waals surface area contributed by atoms with E-state index in [0.717, 1.165) is 12.8 Å². The topological polar surface area (TPSA) is 61.8 Å². The van der Waals surface area contributed by atoms with Gasteiger partial charge in [-0.05, 0) is 13.3 Å². The highest BCUT2D eigenvalue weighted by atomic mass is 31.2. The van der Waals surface area contributed by atoms with Crippen LogP contribution in [0.15, 0.2) is 0 Å². The molecule has 0 aliphatic carbocycles. The fourth-order valence-corrected chi connectivity index (χ4v) is 2.51. The number of Topliss-reactive ketones (excluding diaryl/α,β-unsaturated/α-hetero) is 1. The van der Waals surface area contributed by atoms with Gasteiger partial charge in [0, 0.05) is 21.3 Å². The first-order valence-electron chi connectivity index (χ1n) is 5.66. The van der Waals surface area contributed by atoms with Gasteiger partial charge < -0.3 is 13.8 Å². The number of rotatable bonds is 9. The molecule has 0 N–H and O–H groups in total. The van der Waals surface area contributed by atoms with Gasteiger partial charge in [0.05, 0.1) is 0 Å². The SMILES string of the molecule is CCCCC(C)(OC)C(=O)CP(=O)(OC)OC. The van der Waals surface area contributed by atoms with Crippen LogP contribution in [0.2, 0.25) is 0 Å². The molecule has 5 nitrogen and oxygen atoms in total. The molecule has 0 rings (SSSR count). The van der Waals surface area contributed by atoms with Crippen LogP contribution in [-0.4, -0.2) is 38.9 Å². The number of unbranched alkanes of at least 4 members (excludes halogenated alkanes) is 1. The molecule has 17 heavy (non-hydrogen) atoms. The summed E-state index contributed by atoms with van der Waals surface area (Å²) in [7, 11) is 0.719. The number of ether oxygens (including phenoxy) is 1. The molecule has 0 saturated heterocycles. The van der Waals surface area contributed by atoms with Gasteiger partial charge in [0.25, 0.3) is 0 Å². The van der Waals surface area contributed by atoms with Crippen molar-refractivity contribution >= 4 is 13.4 Å². The highest BCUT2D eigenvalue weighted by molar-refractivity contribution is 7.54. The van der Waals surface area contributed by atoms with Gasteiger partial charge in [-0.1, -0.05) is 19.8 Å². The molecule has 1 atom stereocenters. The van der Waals surface area contributed by atoms with Crippen LogP contribution in [-0.2, 0) is 23.1 Å². The average Bonchev–Trinajstić information content (AvgIpc) is 2.35. The van der Waals surface area contributed by atoms with E-state index < -0.39 is 13.2 Å². The molecule has 0 saturated carbocycles. The zero-order valence-electron chi connectivity index (χ0n) is 11.3. The van der Waals surface area contributed by atoms with E-state index in [1.54, 1.807) is 6.92 Å². The fourth-order valence-electron chi connectivity index (χ4n) is 1.42. The first-order valence-corrected chi connectivity index (χ1v) is 7.39. The van der Waals surface area contributed by atoms with E-state index in [1.165, 1.54) is 21.3 Å². The van der Waals surface area contributed by atoms with Gasteiger partial charge in [0.2, 0.25) is 0 Å². The van der Waals surface area contributed by atoms with Crippen LogP contribution >= 0.6 is 7.60 Å². The molecule has 0 aliphatic heterocycles. The van der Waals surface area contributed by atoms with E-state index in [1.807, 2.05) is 6.92 Å².